The molecule has 6 nitrogen and oxygen atoms in total. The second-order valence-corrected chi connectivity index (χ2v) is 10.7. The quantitative estimate of drug-likeness (QED) is 0.535. The largest absolute Gasteiger partial charge is 0.346 e. The lowest BCUT2D eigenvalue weighted by Gasteiger charge is -2.18. The first-order valence-electron chi connectivity index (χ1n) is 11.4. The molecule has 2 amide bonds. The molecule has 0 unspecified atom stereocenters. The molecule has 1 heterocycles. The number of nitrogens with one attached hydrogen (secondary N) is 1. The molecule has 0 bridgehead atoms. The highest BCUT2D eigenvalue weighted by Gasteiger charge is 2.42. The van der Waals surface area contributed by atoms with Crippen LogP contribution in [0.3, 0.4) is 0 Å². The summed E-state index contributed by atoms with van der Waals surface area (Å²) in [6.45, 7) is 7.22. The zero-order valence-electron chi connectivity index (χ0n) is 20.2. The van der Waals surface area contributed by atoms with E-state index in [9.17, 15) is 18.0 Å². The number of sulfonamides is 1. The molecule has 35 heavy (non-hydrogen) atoms. The molecule has 0 aliphatic carbocycles. The predicted octanol–water partition coefficient (Wildman–Crippen LogP) is 4.90. The second kappa shape index (κ2) is 9.50. The molecule has 3 aromatic carbocycles. The van der Waals surface area contributed by atoms with E-state index in [1.54, 1.807) is 43.3 Å². The van der Waals surface area contributed by atoms with Crippen LogP contribution in [0.25, 0.3) is 4.91 Å². The minimum Gasteiger partial charge on any atom is -0.346 e. The number of nitrogens with zero attached hydrogens (tertiary/aromatic N) is 1. The highest BCUT2D eigenvalue weighted by Crippen LogP contribution is 2.37. The Morgan fingerprint density at radius 2 is 1.57 bits per heavy atom. The third-order valence-corrected chi connectivity index (χ3v) is 8.33. The van der Waals surface area contributed by atoms with Crippen molar-refractivity contribution in [3.63, 3.8) is 0 Å². The fourth-order valence-corrected chi connectivity index (χ4v) is 5.93. The normalized spacial score (nSPS) is 15.9. The van der Waals surface area contributed by atoms with Gasteiger partial charge in [0.25, 0.3) is 21.8 Å². The topological polar surface area (TPSA) is 83.6 Å². The molecule has 0 radical (unpaired) electrons. The van der Waals surface area contributed by atoms with Crippen molar-refractivity contribution in [2.24, 2.45) is 0 Å². The maximum Gasteiger partial charge on any atom is 0.268 e. The average Bonchev–Trinajstić information content (AvgIpc) is 3.01. The molecule has 1 atom stereocenters. The van der Waals surface area contributed by atoms with E-state index in [2.05, 4.69) is 5.32 Å². The fraction of sp³-hybridized carbons (Fsp3) is 0.214. The van der Waals surface area contributed by atoms with Gasteiger partial charge in [-0.15, -0.1) is 0 Å². The van der Waals surface area contributed by atoms with Gasteiger partial charge in [0.15, 0.2) is 0 Å². The number of hydrogen-bond acceptors (Lipinski definition) is 4. The van der Waals surface area contributed by atoms with E-state index in [4.69, 9.17) is 0 Å². The van der Waals surface area contributed by atoms with Gasteiger partial charge in [0.1, 0.15) is 4.91 Å². The smallest absolute Gasteiger partial charge is 0.268 e. The zero-order chi connectivity index (χ0) is 25.3. The Morgan fingerprint density at radius 1 is 0.914 bits per heavy atom. The van der Waals surface area contributed by atoms with Crippen molar-refractivity contribution in [3.8, 4) is 0 Å². The predicted molar refractivity (Wildman–Crippen MR) is 137 cm³/mol. The van der Waals surface area contributed by atoms with Crippen molar-refractivity contribution in [1.82, 2.24) is 9.62 Å². The summed E-state index contributed by atoms with van der Waals surface area (Å²) in [5, 5.41) is 2.96. The van der Waals surface area contributed by atoms with E-state index in [1.165, 1.54) is 0 Å². The SMILES string of the molecule is CC1=C(c2ccc(C)c(C)c2)S(=O)(=O)N(Cc2ccc(C(=O)N[C@H](C)c3ccccc3)cc2)C1=O. The van der Waals surface area contributed by atoms with Crippen LogP contribution in [-0.2, 0) is 21.4 Å². The lowest BCUT2D eigenvalue weighted by atomic mass is 10.0. The number of benzene rings is 3. The lowest BCUT2D eigenvalue weighted by molar-refractivity contribution is -0.122. The first-order valence-corrected chi connectivity index (χ1v) is 12.8. The number of carbonyl (C=O) groups is 2. The van der Waals surface area contributed by atoms with E-state index in [1.807, 2.05) is 57.2 Å². The third kappa shape index (κ3) is 4.77. The lowest BCUT2D eigenvalue weighted by Crippen LogP contribution is -2.31. The maximum atomic E-state index is 13.3. The summed E-state index contributed by atoms with van der Waals surface area (Å²) >= 11 is 0. The van der Waals surface area contributed by atoms with Crippen LogP contribution in [0.2, 0.25) is 0 Å². The minimum absolute atomic E-state index is 0.0523. The van der Waals surface area contributed by atoms with Crippen LogP contribution in [0.5, 0.6) is 0 Å². The van der Waals surface area contributed by atoms with Crippen LogP contribution in [0.15, 0.2) is 78.4 Å². The number of carbonyl (C=O) groups excluding carboxylic acids is 2. The summed E-state index contributed by atoms with van der Waals surface area (Å²) < 4.78 is 27.6. The molecule has 4 rings (SSSR count). The van der Waals surface area contributed by atoms with E-state index >= 15 is 0 Å². The zero-order valence-corrected chi connectivity index (χ0v) is 21.0. The first-order chi connectivity index (χ1) is 16.6. The van der Waals surface area contributed by atoms with Crippen LogP contribution in [0.4, 0.5) is 0 Å². The second-order valence-electron chi connectivity index (χ2n) is 8.87. The van der Waals surface area contributed by atoms with E-state index in [-0.39, 0.29) is 29.0 Å². The van der Waals surface area contributed by atoms with Gasteiger partial charge in [-0.1, -0.05) is 60.7 Å². The Hall–Kier alpha value is -3.71. The van der Waals surface area contributed by atoms with Crippen molar-refractivity contribution >= 4 is 26.7 Å². The summed E-state index contributed by atoms with van der Waals surface area (Å²) in [5.41, 5.74) is 4.80. The third-order valence-electron chi connectivity index (χ3n) is 6.39. The van der Waals surface area contributed by atoms with E-state index in [0.29, 0.717) is 16.7 Å². The minimum atomic E-state index is -4.00. The monoisotopic (exact) mass is 488 g/mol. The fourth-order valence-electron chi connectivity index (χ4n) is 4.13. The van der Waals surface area contributed by atoms with Gasteiger partial charge in [-0.2, -0.15) is 0 Å². The number of amides is 2. The first kappa shape index (κ1) is 24.4. The van der Waals surface area contributed by atoms with Gasteiger partial charge >= 0.3 is 0 Å². The summed E-state index contributed by atoms with van der Waals surface area (Å²) in [6.07, 6.45) is 0. The summed E-state index contributed by atoms with van der Waals surface area (Å²) in [4.78, 5) is 25.6. The molecular weight excluding hydrogens is 460 g/mol. The average molecular weight is 489 g/mol. The molecule has 1 aliphatic rings. The van der Waals surface area contributed by atoms with Gasteiger partial charge in [-0.05, 0) is 67.6 Å². The molecule has 180 valence electrons. The van der Waals surface area contributed by atoms with Crippen molar-refractivity contribution < 1.29 is 18.0 Å². The number of rotatable bonds is 6. The Balaban J connectivity index is 1.50. The van der Waals surface area contributed by atoms with E-state index < -0.39 is 15.9 Å². The van der Waals surface area contributed by atoms with Crippen LogP contribution >= 0.6 is 0 Å². The highest BCUT2D eigenvalue weighted by molar-refractivity contribution is 7.99. The Labute approximate surface area is 206 Å². The van der Waals surface area contributed by atoms with Gasteiger partial charge < -0.3 is 5.32 Å². The molecule has 0 spiro atoms. The Kier molecular flexibility index (Phi) is 6.63. The van der Waals surface area contributed by atoms with Crippen molar-refractivity contribution in [2.75, 3.05) is 0 Å². The molecule has 0 fully saturated rings. The van der Waals surface area contributed by atoms with Crippen LogP contribution in [-0.4, -0.2) is 24.5 Å². The standard InChI is InChI=1S/C28H28N2O4S/c1-18-10-13-25(16-19(18)2)26-20(3)28(32)30(35(26,33)34)17-22-11-14-24(15-12-22)27(31)29-21(4)23-8-6-5-7-9-23/h5-16,21H,17H2,1-4H3,(H,29,31)/t21-/m1/s1. The van der Waals surface area contributed by atoms with Gasteiger partial charge in [-0.3, -0.25) is 9.59 Å². The van der Waals surface area contributed by atoms with Crippen molar-refractivity contribution in [1.29, 1.82) is 0 Å². The molecule has 0 saturated heterocycles. The molecule has 3 aromatic rings. The van der Waals surface area contributed by atoms with E-state index in [0.717, 1.165) is 21.0 Å². The van der Waals surface area contributed by atoms with Gasteiger partial charge in [-0.25, -0.2) is 12.7 Å². The van der Waals surface area contributed by atoms with Crippen molar-refractivity contribution in [2.45, 2.75) is 40.3 Å². The van der Waals surface area contributed by atoms with Gasteiger partial charge in [0.05, 0.1) is 12.6 Å². The van der Waals surface area contributed by atoms with Gasteiger partial charge in [0, 0.05) is 11.1 Å². The summed E-state index contributed by atoms with van der Waals surface area (Å²) in [5.74, 6) is -0.760. The number of aryl methyl sites for hydroxylation is 2. The van der Waals surface area contributed by atoms with Gasteiger partial charge in [0.2, 0.25) is 0 Å². The molecule has 7 heteroatoms. The number of hydrogen-bond donors (Lipinski definition) is 1. The Bertz CT molecular complexity index is 1430. The van der Waals surface area contributed by atoms with Crippen LogP contribution in [0, 0.1) is 13.8 Å². The highest BCUT2D eigenvalue weighted by atomic mass is 32.2. The molecule has 1 N–H and O–H groups in total. The van der Waals surface area contributed by atoms with Crippen LogP contribution < -0.4 is 5.32 Å². The van der Waals surface area contributed by atoms with Crippen molar-refractivity contribution in [3.05, 3.63) is 112 Å². The maximum absolute atomic E-state index is 13.3. The van der Waals surface area contributed by atoms with Crippen LogP contribution in [0.1, 0.15) is 58.1 Å². The molecule has 0 saturated carbocycles. The summed E-state index contributed by atoms with van der Waals surface area (Å²) in [7, 11) is -4.00. The summed E-state index contributed by atoms with van der Waals surface area (Å²) in [6, 6.07) is 21.5. The molecule has 1 aliphatic heterocycles. The Morgan fingerprint density at radius 3 is 2.20 bits per heavy atom. The molecule has 0 aromatic heterocycles. The molecular formula is C28H28N2O4S.